The molecule has 4 aromatic carbocycles. The van der Waals surface area contributed by atoms with Gasteiger partial charge in [-0.25, -0.2) is 4.98 Å². The summed E-state index contributed by atoms with van der Waals surface area (Å²) >= 11 is 0. The molecule has 1 N–H and O–H groups in total. The highest BCUT2D eigenvalue weighted by Gasteiger charge is 2.13. The van der Waals surface area contributed by atoms with Crippen molar-refractivity contribution in [3.63, 3.8) is 0 Å². The topological polar surface area (TPSA) is 49.0 Å². The molecule has 0 atom stereocenters. The number of hydrogen-bond acceptors (Lipinski definition) is 3. The van der Waals surface area contributed by atoms with Crippen molar-refractivity contribution in [2.75, 3.05) is 4.90 Å². The van der Waals surface area contributed by atoms with Crippen molar-refractivity contribution in [2.45, 2.75) is 13.8 Å². The number of aromatic nitrogens is 2. The number of rotatable bonds is 4. The molecule has 0 aliphatic heterocycles. The van der Waals surface area contributed by atoms with Crippen LogP contribution in [0.3, 0.4) is 0 Å². The van der Waals surface area contributed by atoms with Crippen molar-refractivity contribution in [3.8, 4) is 11.4 Å². The van der Waals surface area contributed by atoms with E-state index in [-0.39, 0.29) is 5.56 Å². The number of H-pyrrole nitrogens is 1. The van der Waals surface area contributed by atoms with Crippen molar-refractivity contribution >= 4 is 28.0 Å². The molecule has 0 spiro atoms. The Kier molecular flexibility index (Phi) is 5.04. The van der Waals surface area contributed by atoms with Gasteiger partial charge in [-0.1, -0.05) is 36.4 Å². The molecule has 0 saturated carbocycles. The summed E-state index contributed by atoms with van der Waals surface area (Å²) in [6.07, 6.45) is 0. The second-order valence-corrected chi connectivity index (χ2v) is 7.99. The maximum absolute atomic E-state index is 12.5. The van der Waals surface area contributed by atoms with Crippen LogP contribution < -0.4 is 10.5 Å². The Morgan fingerprint density at radius 3 is 1.94 bits per heavy atom. The smallest absolute Gasteiger partial charge is 0.259 e. The number of nitrogens with zero attached hydrogens (tertiary/aromatic N) is 2. The first-order valence-electron chi connectivity index (χ1n) is 10.6. The summed E-state index contributed by atoms with van der Waals surface area (Å²) in [7, 11) is 0. The highest BCUT2D eigenvalue weighted by molar-refractivity contribution is 5.81. The van der Waals surface area contributed by atoms with Crippen molar-refractivity contribution in [3.05, 3.63) is 119 Å². The van der Waals surface area contributed by atoms with Crippen LogP contribution in [0, 0.1) is 13.8 Å². The van der Waals surface area contributed by atoms with Gasteiger partial charge in [-0.2, -0.15) is 0 Å². The molecule has 0 bridgehead atoms. The highest BCUT2D eigenvalue weighted by Crippen LogP contribution is 2.35. The van der Waals surface area contributed by atoms with Crippen LogP contribution in [0.4, 0.5) is 17.1 Å². The Balaban J connectivity index is 1.59. The molecule has 0 saturated heterocycles. The fourth-order valence-electron chi connectivity index (χ4n) is 3.97. The molecule has 0 aliphatic carbocycles. The van der Waals surface area contributed by atoms with E-state index >= 15 is 0 Å². The molecule has 0 amide bonds. The quantitative estimate of drug-likeness (QED) is 0.355. The maximum Gasteiger partial charge on any atom is 0.259 e. The zero-order valence-corrected chi connectivity index (χ0v) is 18.0. The summed E-state index contributed by atoms with van der Waals surface area (Å²) in [5.41, 5.74) is 7.07. The van der Waals surface area contributed by atoms with Gasteiger partial charge in [0.15, 0.2) is 0 Å². The van der Waals surface area contributed by atoms with Gasteiger partial charge in [-0.3, -0.25) is 4.79 Å². The minimum atomic E-state index is -0.129. The van der Waals surface area contributed by atoms with Gasteiger partial charge in [0.05, 0.1) is 10.9 Å². The van der Waals surface area contributed by atoms with Gasteiger partial charge in [0.1, 0.15) is 5.82 Å². The Labute approximate surface area is 186 Å². The minimum absolute atomic E-state index is 0.129. The Hall–Kier alpha value is -4.18. The number of nitrogens with one attached hydrogen (secondary N) is 1. The van der Waals surface area contributed by atoms with Crippen LogP contribution in [0.25, 0.3) is 22.3 Å². The average Bonchev–Trinajstić information content (AvgIpc) is 2.80. The zero-order chi connectivity index (χ0) is 22.1. The molecule has 5 rings (SSSR count). The third-order valence-electron chi connectivity index (χ3n) is 5.53. The first-order chi connectivity index (χ1) is 15.6. The Morgan fingerprint density at radius 2 is 1.31 bits per heavy atom. The van der Waals surface area contributed by atoms with Gasteiger partial charge < -0.3 is 9.88 Å². The lowest BCUT2D eigenvalue weighted by molar-refractivity contribution is 1.18. The molecule has 5 aromatic rings. The molecule has 156 valence electrons. The molecule has 0 radical (unpaired) electrons. The van der Waals surface area contributed by atoms with Crippen LogP contribution in [0.1, 0.15) is 11.1 Å². The maximum atomic E-state index is 12.5. The van der Waals surface area contributed by atoms with Gasteiger partial charge in [0.2, 0.25) is 0 Å². The Bertz CT molecular complexity index is 1420. The van der Waals surface area contributed by atoms with Crippen LogP contribution >= 0.6 is 0 Å². The summed E-state index contributed by atoms with van der Waals surface area (Å²) in [6, 6.07) is 32.5. The van der Waals surface area contributed by atoms with Crippen molar-refractivity contribution in [1.29, 1.82) is 0 Å². The molecule has 0 fully saturated rings. The number of anilines is 3. The number of fused-ring (bicyclic) bond motifs is 1. The van der Waals surface area contributed by atoms with E-state index in [0.29, 0.717) is 16.7 Å². The van der Waals surface area contributed by atoms with E-state index in [1.54, 1.807) is 6.07 Å². The van der Waals surface area contributed by atoms with Crippen LogP contribution in [0.15, 0.2) is 102 Å². The third-order valence-corrected chi connectivity index (χ3v) is 5.53. The molecule has 0 aliphatic rings. The van der Waals surface area contributed by atoms with Crippen molar-refractivity contribution < 1.29 is 0 Å². The predicted octanol–water partition coefficient (Wildman–Crippen LogP) is 6.68. The largest absolute Gasteiger partial charge is 0.310 e. The highest BCUT2D eigenvalue weighted by atomic mass is 16.1. The van der Waals surface area contributed by atoms with E-state index in [2.05, 4.69) is 89.4 Å². The predicted molar refractivity (Wildman–Crippen MR) is 132 cm³/mol. The van der Waals surface area contributed by atoms with Crippen molar-refractivity contribution in [2.24, 2.45) is 0 Å². The molecule has 32 heavy (non-hydrogen) atoms. The standard InChI is InChI=1S/C28H23N3O/c1-19-7-5-9-23(17-19)31(24-10-6-8-20(2)18-24)22-15-13-21(14-16-22)27-29-26-12-4-3-11-25(26)28(32)30-27/h3-18H,1-2H3,(H,29,30,32). The number of para-hydroxylation sites is 1. The van der Waals surface area contributed by atoms with Crippen molar-refractivity contribution in [1.82, 2.24) is 9.97 Å². The summed E-state index contributed by atoms with van der Waals surface area (Å²) in [4.78, 5) is 22.3. The van der Waals surface area contributed by atoms with E-state index in [0.717, 1.165) is 22.6 Å². The van der Waals surface area contributed by atoms with Gasteiger partial charge >= 0.3 is 0 Å². The SMILES string of the molecule is Cc1cccc(N(c2ccc(-c3nc4ccccc4c(=O)[nH]3)cc2)c2cccc(C)c2)c1. The Morgan fingerprint density at radius 1 is 0.688 bits per heavy atom. The first kappa shape index (κ1) is 19.8. The fourth-order valence-corrected chi connectivity index (χ4v) is 3.97. The number of aromatic amines is 1. The van der Waals surface area contributed by atoms with E-state index in [1.165, 1.54) is 11.1 Å². The van der Waals surface area contributed by atoms with Crippen LogP contribution in [0.2, 0.25) is 0 Å². The molecule has 4 heteroatoms. The second kappa shape index (κ2) is 8.16. The van der Waals surface area contributed by atoms with Gasteiger partial charge in [-0.05, 0) is 85.6 Å². The van der Waals surface area contributed by atoms with Crippen LogP contribution in [-0.4, -0.2) is 9.97 Å². The summed E-state index contributed by atoms with van der Waals surface area (Å²) in [5, 5.41) is 0.595. The normalized spacial score (nSPS) is 10.9. The molecule has 0 unspecified atom stereocenters. The number of hydrogen-bond donors (Lipinski definition) is 1. The number of aryl methyl sites for hydroxylation is 2. The minimum Gasteiger partial charge on any atom is -0.310 e. The van der Waals surface area contributed by atoms with Gasteiger partial charge in [-0.15, -0.1) is 0 Å². The van der Waals surface area contributed by atoms with Crippen LogP contribution in [-0.2, 0) is 0 Å². The first-order valence-corrected chi connectivity index (χ1v) is 10.6. The summed E-state index contributed by atoms with van der Waals surface area (Å²) in [5.74, 6) is 0.568. The summed E-state index contributed by atoms with van der Waals surface area (Å²) in [6.45, 7) is 4.20. The van der Waals surface area contributed by atoms with E-state index in [1.807, 2.05) is 30.3 Å². The molecule has 4 nitrogen and oxygen atoms in total. The lowest BCUT2D eigenvalue weighted by Gasteiger charge is -2.26. The average molecular weight is 418 g/mol. The molecule has 1 heterocycles. The fraction of sp³-hybridized carbons (Fsp3) is 0.0714. The molecular weight excluding hydrogens is 394 g/mol. The molecular formula is C28H23N3O. The third kappa shape index (κ3) is 3.79. The monoisotopic (exact) mass is 417 g/mol. The van der Waals surface area contributed by atoms with E-state index in [9.17, 15) is 4.79 Å². The summed E-state index contributed by atoms with van der Waals surface area (Å²) < 4.78 is 0. The lowest BCUT2D eigenvalue weighted by atomic mass is 10.1. The van der Waals surface area contributed by atoms with Gasteiger partial charge in [0.25, 0.3) is 5.56 Å². The lowest BCUT2D eigenvalue weighted by Crippen LogP contribution is -2.11. The van der Waals surface area contributed by atoms with E-state index < -0.39 is 0 Å². The zero-order valence-electron chi connectivity index (χ0n) is 18.0. The molecule has 1 aromatic heterocycles. The second-order valence-electron chi connectivity index (χ2n) is 7.99. The van der Waals surface area contributed by atoms with E-state index in [4.69, 9.17) is 0 Å². The van der Waals surface area contributed by atoms with Gasteiger partial charge in [0, 0.05) is 22.6 Å². The number of benzene rings is 4. The van der Waals surface area contributed by atoms with Crippen LogP contribution in [0.5, 0.6) is 0 Å².